The van der Waals surface area contributed by atoms with Gasteiger partial charge in [0.15, 0.2) is 0 Å². The van der Waals surface area contributed by atoms with Crippen LogP contribution < -0.4 is 11.1 Å². The highest BCUT2D eigenvalue weighted by atomic mass is 16.1. The third kappa shape index (κ3) is 1.14. The molecule has 0 bridgehead atoms. The van der Waals surface area contributed by atoms with Gasteiger partial charge in [0.05, 0.1) is 11.6 Å². The predicted octanol–water partition coefficient (Wildman–Crippen LogP) is -0.378. The number of H-pyrrole nitrogens is 1. The van der Waals surface area contributed by atoms with E-state index in [0.29, 0.717) is 10.8 Å². The molecule has 5 heteroatoms. The average molecular weight is 177 g/mol. The van der Waals surface area contributed by atoms with Crippen LogP contribution in [0.4, 0.5) is 0 Å². The Morgan fingerprint density at radius 1 is 1.46 bits per heavy atom. The SMILES string of the molecule is Cn1cc2cn[nH]c(=O)c2cc1=O. The molecule has 0 aliphatic heterocycles. The van der Waals surface area contributed by atoms with Gasteiger partial charge in [-0.1, -0.05) is 0 Å². The van der Waals surface area contributed by atoms with Gasteiger partial charge in [0.2, 0.25) is 0 Å². The molecular weight excluding hydrogens is 170 g/mol. The Hall–Kier alpha value is -1.91. The number of hydrogen-bond acceptors (Lipinski definition) is 3. The van der Waals surface area contributed by atoms with E-state index >= 15 is 0 Å². The summed E-state index contributed by atoms with van der Waals surface area (Å²) in [6, 6.07) is 1.30. The van der Waals surface area contributed by atoms with Crippen LogP contribution in [0.5, 0.6) is 0 Å². The molecule has 0 aliphatic rings. The number of nitrogens with one attached hydrogen (secondary N) is 1. The smallest absolute Gasteiger partial charge is 0.272 e. The Morgan fingerprint density at radius 3 is 3.00 bits per heavy atom. The van der Waals surface area contributed by atoms with Crippen LogP contribution in [0.1, 0.15) is 0 Å². The fourth-order valence-corrected chi connectivity index (χ4v) is 1.17. The zero-order valence-electron chi connectivity index (χ0n) is 6.94. The largest absolute Gasteiger partial charge is 0.318 e. The third-order valence-corrected chi connectivity index (χ3v) is 1.87. The summed E-state index contributed by atoms with van der Waals surface area (Å²) in [5.41, 5.74) is -0.542. The Balaban J connectivity index is 3.06. The zero-order valence-corrected chi connectivity index (χ0v) is 6.94. The molecule has 2 aromatic heterocycles. The van der Waals surface area contributed by atoms with Crippen molar-refractivity contribution in [3.8, 4) is 0 Å². The Labute approximate surface area is 72.6 Å². The maximum Gasteiger partial charge on any atom is 0.272 e. The zero-order chi connectivity index (χ0) is 9.42. The van der Waals surface area contributed by atoms with Crippen molar-refractivity contribution in [2.45, 2.75) is 0 Å². The minimum Gasteiger partial charge on any atom is -0.318 e. The van der Waals surface area contributed by atoms with Gasteiger partial charge in [0, 0.05) is 24.7 Å². The van der Waals surface area contributed by atoms with Gasteiger partial charge in [0.25, 0.3) is 11.1 Å². The molecule has 66 valence electrons. The molecule has 1 N–H and O–H groups in total. The van der Waals surface area contributed by atoms with E-state index in [4.69, 9.17) is 0 Å². The lowest BCUT2D eigenvalue weighted by atomic mass is 10.2. The van der Waals surface area contributed by atoms with Gasteiger partial charge in [-0.05, 0) is 0 Å². The molecule has 0 aliphatic carbocycles. The van der Waals surface area contributed by atoms with E-state index in [2.05, 4.69) is 10.2 Å². The summed E-state index contributed by atoms with van der Waals surface area (Å²) < 4.78 is 1.41. The summed E-state index contributed by atoms with van der Waals surface area (Å²) in [6.07, 6.45) is 3.09. The van der Waals surface area contributed by atoms with Crippen LogP contribution in [0.15, 0.2) is 28.0 Å². The molecule has 2 aromatic rings. The highest BCUT2D eigenvalue weighted by molar-refractivity contribution is 5.79. The monoisotopic (exact) mass is 177 g/mol. The molecule has 0 saturated carbocycles. The minimum atomic E-state index is -0.338. The lowest BCUT2D eigenvalue weighted by Crippen LogP contribution is -2.18. The fraction of sp³-hybridized carbons (Fsp3) is 0.125. The highest BCUT2D eigenvalue weighted by Crippen LogP contribution is 2.01. The molecule has 0 aromatic carbocycles. The Bertz CT molecular complexity index is 567. The first-order valence-electron chi connectivity index (χ1n) is 3.72. The molecule has 5 nitrogen and oxygen atoms in total. The molecule has 0 radical (unpaired) electrons. The van der Waals surface area contributed by atoms with E-state index in [1.165, 1.54) is 16.8 Å². The first-order valence-corrected chi connectivity index (χ1v) is 3.72. The molecular formula is C8H7N3O2. The van der Waals surface area contributed by atoms with Gasteiger partial charge in [-0.3, -0.25) is 9.59 Å². The van der Waals surface area contributed by atoms with E-state index in [1.807, 2.05) is 0 Å². The normalized spacial score (nSPS) is 10.5. The lowest BCUT2D eigenvalue weighted by Gasteiger charge is -1.98. The van der Waals surface area contributed by atoms with Crippen molar-refractivity contribution in [2.24, 2.45) is 7.05 Å². The fourth-order valence-electron chi connectivity index (χ4n) is 1.17. The number of pyridine rings is 1. The number of fused-ring (bicyclic) bond motifs is 1. The topological polar surface area (TPSA) is 67.8 Å². The van der Waals surface area contributed by atoms with Crippen molar-refractivity contribution in [1.82, 2.24) is 14.8 Å². The first-order chi connectivity index (χ1) is 6.18. The third-order valence-electron chi connectivity index (χ3n) is 1.87. The van der Waals surface area contributed by atoms with Crippen LogP contribution in [0.25, 0.3) is 10.8 Å². The van der Waals surface area contributed by atoms with Gasteiger partial charge in [-0.2, -0.15) is 5.10 Å². The lowest BCUT2D eigenvalue weighted by molar-refractivity contribution is 0.866. The summed E-state index contributed by atoms with van der Waals surface area (Å²) in [5, 5.41) is 6.93. The number of rotatable bonds is 0. The minimum absolute atomic E-state index is 0.204. The van der Waals surface area contributed by atoms with Crippen molar-refractivity contribution in [2.75, 3.05) is 0 Å². The summed E-state index contributed by atoms with van der Waals surface area (Å²) >= 11 is 0. The summed E-state index contributed by atoms with van der Waals surface area (Å²) in [4.78, 5) is 22.4. The number of aryl methyl sites for hydroxylation is 1. The van der Waals surface area contributed by atoms with Crippen LogP contribution in [-0.2, 0) is 7.05 Å². The number of aromatic nitrogens is 3. The van der Waals surface area contributed by atoms with Crippen LogP contribution in [0.3, 0.4) is 0 Å². The molecule has 0 amide bonds. The molecule has 0 unspecified atom stereocenters. The molecule has 0 fully saturated rings. The molecule has 2 heterocycles. The maximum absolute atomic E-state index is 11.2. The van der Waals surface area contributed by atoms with Gasteiger partial charge in [0.1, 0.15) is 0 Å². The predicted molar refractivity (Wildman–Crippen MR) is 47.6 cm³/mol. The van der Waals surface area contributed by atoms with Gasteiger partial charge in [-0.25, -0.2) is 5.10 Å². The van der Waals surface area contributed by atoms with Crippen LogP contribution in [-0.4, -0.2) is 14.8 Å². The van der Waals surface area contributed by atoms with E-state index in [1.54, 1.807) is 13.2 Å². The second kappa shape index (κ2) is 2.55. The van der Waals surface area contributed by atoms with E-state index in [0.717, 1.165) is 0 Å². The highest BCUT2D eigenvalue weighted by Gasteiger charge is 2.00. The Morgan fingerprint density at radius 2 is 2.23 bits per heavy atom. The van der Waals surface area contributed by atoms with Crippen LogP contribution >= 0.6 is 0 Å². The van der Waals surface area contributed by atoms with Gasteiger partial charge >= 0.3 is 0 Å². The summed E-state index contributed by atoms with van der Waals surface area (Å²) in [5.74, 6) is 0. The second-order valence-electron chi connectivity index (χ2n) is 2.79. The van der Waals surface area contributed by atoms with Crippen molar-refractivity contribution in [3.63, 3.8) is 0 Å². The van der Waals surface area contributed by atoms with E-state index in [9.17, 15) is 9.59 Å². The molecule has 2 rings (SSSR count). The van der Waals surface area contributed by atoms with E-state index < -0.39 is 0 Å². The summed E-state index contributed by atoms with van der Waals surface area (Å²) in [6.45, 7) is 0. The Kier molecular flexibility index (Phi) is 1.51. The maximum atomic E-state index is 11.2. The molecule has 13 heavy (non-hydrogen) atoms. The standard InChI is InChI=1S/C8H7N3O2/c1-11-4-5-3-9-10-8(13)6(5)2-7(11)12/h2-4H,1H3,(H,10,13). The number of aromatic amines is 1. The van der Waals surface area contributed by atoms with Crippen LogP contribution in [0.2, 0.25) is 0 Å². The molecule has 0 atom stereocenters. The first kappa shape index (κ1) is 7.72. The average Bonchev–Trinajstić information content (AvgIpc) is 2.09. The van der Waals surface area contributed by atoms with Crippen molar-refractivity contribution in [1.29, 1.82) is 0 Å². The van der Waals surface area contributed by atoms with Crippen LogP contribution in [0, 0.1) is 0 Å². The second-order valence-corrected chi connectivity index (χ2v) is 2.79. The van der Waals surface area contributed by atoms with Crippen molar-refractivity contribution >= 4 is 10.8 Å². The number of nitrogens with zero attached hydrogens (tertiary/aromatic N) is 2. The van der Waals surface area contributed by atoms with Gasteiger partial charge < -0.3 is 4.57 Å². The van der Waals surface area contributed by atoms with E-state index in [-0.39, 0.29) is 11.1 Å². The van der Waals surface area contributed by atoms with Crippen molar-refractivity contribution < 1.29 is 0 Å². The van der Waals surface area contributed by atoms with Crippen molar-refractivity contribution in [3.05, 3.63) is 39.2 Å². The number of hydrogen-bond donors (Lipinski definition) is 1. The molecule has 0 saturated heterocycles. The van der Waals surface area contributed by atoms with Gasteiger partial charge in [-0.15, -0.1) is 0 Å². The quantitative estimate of drug-likeness (QED) is 0.596. The summed E-state index contributed by atoms with van der Waals surface area (Å²) in [7, 11) is 1.63. The molecule has 0 spiro atoms.